The Morgan fingerprint density at radius 3 is 2.59 bits per heavy atom. The first kappa shape index (κ1) is 20.6. The fourth-order valence-electron chi connectivity index (χ4n) is 2.70. The number of rotatable bonds is 8. The third kappa shape index (κ3) is 6.47. The van der Waals surface area contributed by atoms with Gasteiger partial charge in [-0.3, -0.25) is 4.99 Å². The van der Waals surface area contributed by atoms with E-state index in [0.717, 1.165) is 24.9 Å². The van der Waals surface area contributed by atoms with E-state index in [-0.39, 0.29) is 23.4 Å². The first-order chi connectivity index (χ1) is 13.0. The summed E-state index contributed by atoms with van der Waals surface area (Å²) < 4.78 is 18.9. The Bertz CT molecular complexity index is 748. The van der Waals surface area contributed by atoms with Crippen LogP contribution in [0, 0.1) is 5.82 Å². The number of aryl methyl sites for hydroxylation is 1. The summed E-state index contributed by atoms with van der Waals surface area (Å²) in [4.78, 5) is 4.59. The van der Waals surface area contributed by atoms with Gasteiger partial charge in [-0.25, -0.2) is 4.39 Å². The molecule has 0 amide bonds. The van der Waals surface area contributed by atoms with E-state index in [0.29, 0.717) is 12.5 Å². The van der Waals surface area contributed by atoms with E-state index in [1.807, 2.05) is 32.0 Å². The molecule has 0 radical (unpaired) electrons. The first-order valence-corrected chi connectivity index (χ1v) is 9.19. The standard InChI is InChI=1S/C21H28FN3O2/c1-4-23-21(24-13-5-6-16-7-10-18(26)11-8-16)25-15(2)17-9-12-20(27-3)19(22)14-17/h7-12,14-15,26H,4-6,13H2,1-3H3,(H2,23,24,25). The maximum atomic E-state index is 13.9. The van der Waals surface area contributed by atoms with Gasteiger partial charge in [0.15, 0.2) is 17.5 Å². The average molecular weight is 373 g/mol. The van der Waals surface area contributed by atoms with Gasteiger partial charge in [0.1, 0.15) is 5.75 Å². The molecule has 0 spiro atoms. The number of methoxy groups -OCH3 is 1. The molecule has 146 valence electrons. The van der Waals surface area contributed by atoms with Crippen LogP contribution in [-0.2, 0) is 6.42 Å². The van der Waals surface area contributed by atoms with E-state index >= 15 is 0 Å². The molecule has 0 aromatic heterocycles. The van der Waals surface area contributed by atoms with Gasteiger partial charge >= 0.3 is 0 Å². The fourth-order valence-corrected chi connectivity index (χ4v) is 2.70. The zero-order valence-corrected chi connectivity index (χ0v) is 16.1. The molecule has 1 atom stereocenters. The Morgan fingerprint density at radius 1 is 1.22 bits per heavy atom. The lowest BCUT2D eigenvalue weighted by Gasteiger charge is -2.18. The number of aromatic hydroxyl groups is 1. The van der Waals surface area contributed by atoms with Crippen LogP contribution in [0.5, 0.6) is 11.5 Å². The highest BCUT2D eigenvalue weighted by Crippen LogP contribution is 2.21. The summed E-state index contributed by atoms with van der Waals surface area (Å²) in [5, 5.41) is 15.8. The number of aliphatic imine (C=N–C) groups is 1. The fraction of sp³-hybridized carbons (Fsp3) is 0.381. The van der Waals surface area contributed by atoms with Crippen LogP contribution in [0.3, 0.4) is 0 Å². The number of phenols is 1. The number of guanidine groups is 1. The van der Waals surface area contributed by atoms with Crippen LogP contribution in [0.15, 0.2) is 47.5 Å². The second-order valence-corrected chi connectivity index (χ2v) is 6.29. The molecular formula is C21H28FN3O2. The van der Waals surface area contributed by atoms with E-state index in [2.05, 4.69) is 15.6 Å². The molecule has 0 bridgehead atoms. The van der Waals surface area contributed by atoms with Crippen molar-refractivity contribution in [1.29, 1.82) is 0 Å². The van der Waals surface area contributed by atoms with Gasteiger partial charge in [0.2, 0.25) is 0 Å². The van der Waals surface area contributed by atoms with E-state index < -0.39 is 0 Å². The van der Waals surface area contributed by atoms with Gasteiger partial charge < -0.3 is 20.5 Å². The topological polar surface area (TPSA) is 65.9 Å². The quantitative estimate of drug-likeness (QED) is 0.374. The second-order valence-electron chi connectivity index (χ2n) is 6.29. The molecule has 27 heavy (non-hydrogen) atoms. The van der Waals surface area contributed by atoms with E-state index in [9.17, 15) is 9.50 Å². The molecular weight excluding hydrogens is 345 g/mol. The molecule has 0 aliphatic heterocycles. The van der Waals surface area contributed by atoms with E-state index in [1.165, 1.54) is 18.7 Å². The molecule has 5 nitrogen and oxygen atoms in total. The highest BCUT2D eigenvalue weighted by molar-refractivity contribution is 5.80. The molecule has 6 heteroatoms. The predicted octanol–water partition coefficient (Wildman–Crippen LogP) is 3.79. The number of hydrogen-bond acceptors (Lipinski definition) is 3. The Morgan fingerprint density at radius 2 is 1.96 bits per heavy atom. The minimum atomic E-state index is -0.375. The molecule has 0 aliphatic rings. The average Bonchev–Trinajstić information content (AvgIpc) is 2.66. The Kier molecular flexibility index (Phi) is 7.92. The van der Waals surface area contributed by atoms with Gasteiger partial charge in [-0.05, 0) is 62.1 Å². The van der Waals surface area contributed by atoms with Crippen LogP contribution >= 0.6 is 0 Å². The van der Waals surface area contributed by atoms with Crippen molar-refractivity contribution in [2.24, 2.45) is 4.99 Å². The number of hydrogen-bond donors (Lipinski definition) is 3. The molecule has 0 saturated carbocycles. The highest BCUT2D eigenvalue weighted by atomic mass is 19.1. The summed E-state index contributed by atoms with van der Waals surface area (Å²) in [5.74, 6) is 0.839. The predicted molar refractivity (Wildman–Crippen MR) is 107 cm³/mol. The maximum absolute atomic E-state index is 13.9. The molecule has 3 N–H and O–H groups in total. The molecule has 2 rings (SSSR count). The van der Waals surface area contributed by atoms with Gasteiger partial charge in [0, 0.05) is 13.1 Å². The van der Waals surface area contributed by atoms with E-state index in [4.69, 9.17) is 4.74 Å². The van der Waals surface area contributed by atoms with Crippen molar-refractivity contribution in [3.8, 4) is 11.5 Å². The van der Waals surface area contributed by atoms with Crippen LogP contribution in [-0.4, -0.2) is 31.3 Å². The number of phenolic OH excluding ortho intramolecular Hbond substituents is 1. The number of ether oxygens (including phenoxy) is 1. The van der Waals surface area contributed by atoms with Gasteiger partial charge in [-0.2, -0.15) is 0 Å². The highest BCUT2D eigenvalue weighted by Gasteiger charge is 2.11. The Balaban J connectivity index is 1.91. The summed E-state index contributed by atoms with van der Waals surface area (Å²) in [6.45, 7) is 5.38. The normalized spacial score (nSPS) is 12.5. The monoisotopic (exact) mass is 373 g/mol. The number of halogens is 1. The van der Waals surface area contributed by atoms with Crippen molar-refractivity contribution in [2.45, 2.75) is 32.7 Å². The molecule has 0 aliphatic carbocycles. The summed E-state index contributed by atoms with van der Waals surface area (Å²) in [5.41, 5.74) is 1.99. The molecule has 1 unspecified atom stereocenters. The van der Waals surface area contributed by atoms with Crippen molar-refractivity contribution in [3.63, 3.8) is 0 Å². The van der Waals surface area contributed by atoms with Crippen molar-refractivity contribution in [1.82, 2.24) is 10.6 Å². The lowest BCUT2D eigenvalue weighted by atomic mass is 10.1. The maximum Gasteiger partial charge on any atom is 0.191 e. The minimum absolute atomic E-state index is 0.0969. The third-order valence-electron chi connectivity index (χ3n) is 4.20. The first-order valence-electron chi connectivity index (χ1n) is 9.19. The van der Waals surface area contributed by atoms with Crippen LogP contribution in [0.2, 0.25) is 0 Å². The van der Waals surface area contributed by atoms with Gasteiger partial charge in [-0.1, -0.05) is 18.2 Å². The zero-order valence-electron chi connectivity index (χ0n) is 16.1. The summed E-state index contributed by atoms with van der Waals surface area (Å²) in [6, 6.07) is 12.1. The number of benzene rings is 2. The van der Waals surface area contributed by atoms with Crippen molar-refractivity contribution < 1.29 is 14.2 Å². The molecule has 0 saturated heterocycles. The van der Waals surface area contributed by atoms with Crippen LogP contribution < -0.4 is 15.4 Å². The molecule has 2 aromatic rings. The van der Waals surface area contributed by atoms with Crippen LogP contribution in [0.1, 0.15) is 37.4 Å². The summed E-state index contributed by atoms with van der Waals surface area (Å²) in [7, 11) is 1.45. The smallest absolute Gasteiger partial charge is 0.191 e. The van der Waals surface area contributed by atoms with Crippen molar-refractivity contribution >= 4 is 5.96 Å². The lowest BCUT2D eigenvalue weighted by molar-refractivity contribution is 0.386. The summed E-state index contributed by atoms with van der Waals surface area (Å²) >= 11 is 0. The summed E-state index contributed by atoms with van der Waals surface area (Å²) in [6.07, 6.45) is 1.79. The molecule has 0 fully saturated rings. The van der Waals surface area contributed by atoms with Crippen molar-refractivity contribution in [2.75, 3.05) is 20.2 Å². The SMILES string of the molecule is CCNC(=NCCCc1ccc(O)cc1)NC(C)c1ccc(OC)c(F)c1. The second kappa shape index (κ2) is 10.4. The molecule has 2 aromatic carbocycles. The zero-order chi connectivity index (χ0) is 19.6. The largest absolute Gasteiger partial charge is 0.508 e. The molecule has 0 heterocycles. The third-order valence-corrected chi connectivity index (χ3v) is 4.20. The minimum Gasteiger partial charge on any atom is -0.508 e. The van der Waals surface area contributed by atoms with Gasteiger partial charge in [0.25, 0.3) is 0 Å². The van der Waals surface area contributed by atoms with Gasteiger partial charge in [0.05, 0.1) is 13.2 Å². The Hall–Kier alpha value is -2.76. The lowest BCUT2D eigenvalue weighted by Crippen LogP contribution is -2.38. The number of nitrogens with one attached hydrogen (secondary N) is 2. The van der Waals surface area contributed by atoms with Crippen LogP contribution in [0.4, 0.5) is 4.39 Å². The van der Waals surface area contributed by atoms with Crippen LogP contribution in [0.25, 0.3) is 0 Å². The Labute approximate surface area is 160 Å². The van der Waals surface area contributed by atoms with Gasteiger partial charge in [-0.15, -0.1) is 0 Å². The van der Waals surface area contributed by atoms with Crippen molar-refractivity contribution in [3.05, 3.63) is 59.4 Å². The van der Waals surface area contributed by atoms with E-state index in [1.54, 1.807) is 18.2 Å². The number of nitrogens with zero attached hydrogens (tertiary/aromatic N) is 1.